The summed E-state index contributed by atoms with van der Waals surface area (Å²) in [5.74, 6) is 0.616. The van der Waals surface area contributed by atoms with E-state index in [0.717, 1.165) is 22.5 Å². The van der Waals surface area contributed by atoms with Crippen molar-refractivity contribution in [1.29, 1.82) is 0 Å². The van der Waals surface area contributed by atoms with E-state index in [1.165, 1.54) is 0 Å². The van der Waals surface area contributed by atoms with Crippen molar-refractivity contribution in [3.63, 3.8) is 0 Å². The minimum atomic E-state index is -0.134. The molecule has 0 aliphatic carbocycles. The highest BCUT2D eigenvalue weighted by Gasteiger charge is 2.10. The van der Waals surface area contributed by atoms with Crippen molar-refractivity contribution in [3.8, 4) is 5.75 Å². The van der Waals surface area contributed by atoms with Crippen LogP contribution in [0, 0.1) is 0 Å². The number of carbonyl (C=O) groups excluding carboxylic acids is 1. The number of ether oxygens (including phenoxy) is 1. The molecule has 0 bridgehead atoms. The molecule has 0 heterocycles. The van der Waals surface area contributed by atoms with Gasteiger partial charge in [-0.2, -0.15) is 0 Å². The summed E-state index contributed by atoms with van der Waals surface area (Å²) in [7, 11) is 0. The van der Waals surface area contributed by atoms with Crippen molar-refractivity contribution in [1.82, 2.24) is 0 Å². The molecule has 1 unspecified atom stereocenters. The highest BCUT2D eigenvalue weighted by Crippen LogP contribution is 2.27. The Kier molecular flexibility index (Phi) is 4.01. The topological polar surface area (TPSA) is 26.3 Å². The smallest absolute Gasteiger partial charge is 0.127 e. The van der Waals surface area contributed by atoms with E-state index in [1.54, 1.807) is 0 Å². The van der Waals surface area contributed by atoms with Crippen molar-refractivity contribution < 1.29 is 9.53 Å². The molecule has 0 spiro atoms. The van der Waals surface area contributed by atoms with Gasteiger partial charge in [0.25, 0.3) is 0 Å². The first kappa shape index (κ1) is 11.1. The Labute approximate surface area is 89.7 Å². The standard InChI is InChI=1S/C11H14O2S/c1-3-13-11-6-9(14)4-5-10(11)8(2)7-12/h4-8,14H,3H2,1-2H3. The number of rotatable bonds is 4. The molecule has 0 aromatic heterocycles. The minimum Gasteiger partial charge on any atom is -0.494 e. The molecule has 76 valence electrons. The van der Waals surface area contributed by atoms with Crippen molar-refractivity contribution in [2.75, 3.05) is 6.61 Å². The van der Waals surface area contributed by atoms with Gasteiger partial charge in [-0.05, 0) is 19.1 Å². The van der Waals surface area contributed by atoms with Crippen LogP contribution in [0.15, 0.2) is 23.1 Å². The van der Waals surface area contributed by atoms with Crippen molar-refractivity contribution in [3.05, 3.63) is 23.8 Å². The summed E-state index contributed by atoms with van der Waals surface area (Å²) >= 11 is 4.22. The molecule has 0 radical (unpaired) electrons. The first-order valence-electron chi connectivity index (χ1n) is 4.60. The van der Waals surface area contributed by atoms with Crippen LogP contribution in [0.3, 0.4) is 0 Å². The van der Waals surface area contributed by atoms with Crippen LogP contribution in [0.5, 0.6) is 5.75 Å². The molecule has 0 N–H and O–H groups in total. The van der Waals surface area contributed by atoms with Gasteiger partial charge >= 0.3 is 0 Å². The monoisotopic (exact) mass is 210 g/mol. The van der Waals surface area contributed by atoms with Crippen LogP contribution in [-0.2, 0) is 4.79 Å². The van der Waals surface area contributed by atoms with Crippen molar-refractivity contribution >= 4 is 18.9 Å². The Balaban J connectivity index is 3.07. The second kappa shape index (κ2) is 5.05. The largest absolute Gasteiger partial charge is 0.494 e. The van der Waals surface area contributed by atoms with Crippen LogP contribution >= 0.6 is 12.6 Å². The maximum atomic E-state index is 10.7. The maximum Gasteiger partial charge on any atom is 0.127 e. The van der Waals surface area contributed by atoms with Crippen LogP contribution in [0.25, 0.3) is 0 Å². The molecule has 1 aromatic carbocycles. The maximum absolute atomic E-state index is 10.7. The molecule has 0 fully saturated rings. The third-order valence-electron chi connectivity index (χ3n) is 1.99. The lowest BCUT2D eigenvalue weighted by molar-refractivity contribution is -0.108. The first-order chi connectivity index (χ1) is 6.69. The van der Waals surface area contributed by atoms with E-state index in [0.29, 0.717) is 6.61 Å². The lowest BCUT2D eigenvalue weighted by Gasteiger charge is -2.12. The summed E-state index contributed by atoms with van der Waals surface area (Å²) < 4.78 is 5.43. The molecule has 0 saturated carbocycles. The molecular formula is C11H14O2S. The number of benzene rings is 1. The average molecular weight is 210 g/mol. The van der Waals surface area contributed by atoms with E-state index in [4.69, 9.17) is 4.74 Å². The van der Waals surface area contributed by atoms with E-state index in [2.05, 4.69) is 12.6 Å². The van der Waals surface area contributed by atoms with Gasteiger partial charge in [-0.3, -0.25) is 0 Å². The normalized spacial score (nSPS) is 12.2. The molecule has 1 rings (SSSR count). The Bertz CT molecular complexity index is 323. The molecule has 0 aliphatic heterocycles. The summed E-state index contributed by atoms with van der Waals surface area (Å²) in [5, 5.41) is 0. The Morgan fingerprint density at radius 1 is 1.57 bits per heavy atom. The number of carbonyl (C=O) groups is 1. The fourth-order valence-corrected chi connectivity index (χ4v) is 1.44. The zero-order valence-corrected chi connectivity index (χ0v) is 9.25. The van der Waals surface area contributed by atoms with Crippen LogP contribution in [-0.4, -0.2) is 12.9 Å². The molecule has 2 nitrogen and oxygen atoms in total. The molecule has 0 amide bonds. The zero-order valence-electron chi connectivity index (χ0n) is 8.36. The fourth-order valence-electron chi connectivity index (χ4n) is 1.25. The highest BCUT2D eigenvalue weighted by molar-refractivity contribution is 7.80. The summed E-state index contributed by atoms with van der Waals surface area (Å²) in [6, 6.07) is 5.58. The van der Waals surface area contributed by atoms with E-state index < -0.39 is 0 Å². The second-order valence-electron chi connectivity index (χ2n) is 3.08. The number of hydrogen-bond acceptors (Lipinski definition) is 3. The predicted octanol–water partition coefficient (Wildman–Crippen LogP) is 2.68. The molecule has 14 heavy (non-hydrogen) atoms. The van der Waals surface area contributed by atoms with Gasteiger partial charge in [0.15, 0.2) is 0 Å². The van der Waals surface area contributed by atoms with Gasteiger partial charge in [0.1, 0.15) is 12.0 Å². The Morgan fingerprint density at radius 2 is 2.29 bits per heavy atom. The fraction of sp³-hybridized carbons (Fsp3) is 0.364. The van der Waals surface area contributed by atoms with Gasteiger partial charge in [0.05, 0.1) is 6.61 Å². The van der Waals surface area contributed by atoms with E-state index in [9.17, 15) is 4.79 Å². The number of thiol groups is 1. The van der Waals surface area contributed by atoms with Gasteiger partial charge in [-0.15, -0.1) is 12.6 Å². The highest BCUT2D eigenvalue weighted by atomic mass is 32.1. The SMILES string of the molecule is CCOc1cc(S)ccc1C(C)C=O. The van der Waals surface area contributed by atoms with Crippen LogP contribution in [0.1, 0.15) is 25.3 Å². The predicted molar refractivity (Wildman–Crippen MR) is 59.3 cm³/mol. The molecule has 0 aliphatic rings. The number of aldehydes is 1. The lowest BCUT2D eigenvalue weighted by atomic mass is 10.0. The Hall–Kier alpha value is -0.960. The van der Waals surface area contributed by atoms with Gasteiger partial charge in [-0.25, -0.2) is 0 Å². The second-order valence-corrected chi connectivity index (χ2v) is 3.60. The van der Waals surface area contributed by atoms with E-state index in [1.807, 2.05) is 32.0 Å². The first-order valence-corrected chi connectivity index (χ1v) is 5.04. The third kappa shape index (κ3) is 2.51. The molecule has 1 aromatic rings. The van der Waals surface area contributed by atoms with Crippen LogP contribution in [0.2, 0.25) is 0 Å². The lowest BCUT2D eigenvalue weighted by Crippen LogP contribution is -2.01. The summed E-state index contributed by atoms with van der Waals surface area (Å²) in [5.41, 5.74) is 0.916. The third-order valence-corrected chi connectivity index (χ3v) is 2.27. The average Bonchev–Trinajstić information content (AvgIpc) is 2.17. The molecule has 3 heteroatoms. The van der Waals surface area contributed by atoms with Gasteiger partial charge < -0.3 is 9.53 Å². The van der Waals surface area contributed by atoms with Crippen molar-refractivity contribution in [2.24, 2.45) is 0 Å². The minimum absolute atomic E-state index is 0.134. The van der Waals surface area contributed by atoms with E-state index in [-0.39, 0.29) is 5.92 Å². The number of hydrogen-bond donors (Lipinski definition) is 1. The van der Waals surface area contributed by atoms with Gasteiger partial charge in [-0.1, -0.05) is 13.0 Å². The van der Waals surface area contributed by atoms with Crippen LogP contribution in [0.4, 0.5) is 0 Å². The summed E-state index contributed by atoms with van der Waals surface area (Å²) in [6.45, 7) is 4.36. The van der Waals surface area contributed by atoms with Crippen LogP contribution < -0.4 is 4.74 Å². The Morgan fingerprint density at radius 3 is 2.86 bits per heavy atom. The molecular weight excluding hydrogens is 196 g/mol. The molecule has 1 atom stereocenters. The molecule has 0 saturated heterocycles. The van der Waals surface area contributed by atoms with Crippen molar-refractivity contribution in [2.45, 2.75) is 24.7 Å². The van der Waals surface area contributed by atoms with E-state index >= 15 is 0 Å². The summed E-state index contributed by atoms with van der Waals surface area (Å²) in [4.78, 5) is 11.5. The quantitative estimate of drug-likeness (QED) is 0.611. The van der Waals surface area contributed by atoms with Gasteiger partial charge in [0.2, 0.25) is 0 Å². The van der Waals surface area contributed by atoms with Gasteiger partial charge in [0, 0.05) is 16.4 Å². The summed E-state index contributed by atoms with van der Waals surface area (Å²) in [6.07, 6.45) is 0.913. The zero-order chi connectivity index (χ0) is 10.6.